The molecule has 0 amide bonds. The summed E-state index contributed by atoms with van der Waals surface area (Å²) < 4.78 is 0.700. The van der Waals surface area contributed by atoms with Crippen LogP contribution >= 0.6 is 15.9 Å². The molecular formula is C12H18BrN3O2. The summed E-state index contributed by atoms with van der Waals surface area (Å²) in [6, 6.07) is 4.72. The minimum absolute atomic E-state index is 0.00121. The van der Waals surface area contributed by atoms with Crippen LogP contribution < -0.4 is 5.32 Å². The van der Waals surface area contributed by atoms with Crippen molar-refractivity contribution in [3.63, 3.8) is 0 Å². The van der Waals surface area contributed by atoms with Gasteiger partial charge < -0.3 is 10.2 Å². The summed E-state index contributed by atoms with van der Waals surface area (Å²) in [6.45, 7) is 5.00. The van der Waals surface area contributed by atoms with Crippen LogP contribution in [-0.2, 0) is 0 Å². The molecule has 0 unspecified atom stereocenters. The summed E-state index contributed by atoms with van der Waals surface area (Å²) in [6.07, 6.45) is 0. The van der Waals surface area contributed by atoms with Crippen molar-refractivity contribution in [2.24, 2.45) is 0 Å². The van der Waals surface area contributed by atoms with E-state index < -0.39 is 4.92 Å². The van der Waals surface area contributed by atoms with Crippen LogP contribution in [0.15, 0.2) is 22.7 Å². The largest absolute Gasteiger partial charge is 0.382 e. The highest BCUT2D eigenvalue weighted by Crippen LogP contribution is 2.27. The van der Waals surface area contributed by atoms with Gasteiger partial charge in [0, 0.05) is 34.4 Å². The lowest BCUT2D eigenvalue weighted by molar-refractivity contribution is -0.384. The summed E-state index contributed by atoms with van der Waals surface area (Å²) in [5.74, 6) is 0. The number of nitro benzene ring substituents is 1. The number of benzene rings is 1. The lowest BCUT2D eigenvalue weighted by atomic mass is 10.0. The predicted molar refractivity (Wildman–Crippen MR) is 77.1 cm³/mol. The average molecular weight is 316 g/mol. The van der Waals surface area contributed by atoms with Crippen LogP contribution in [0.3, 0.4) is 0 Å². The van der Waals surface area contributed by atoms with Crippen molar-refractivity contribution in [2.75, 3.05) is 26.0 Å². The molecule has 0 radical (unpaired) electrons. The first-order chi connectivity index (χ1) is 8.24. The van der Waals surface area contributed by atoms with E-state index >= 15 is 0 Å². The van der Waals surface area contributed by atoms with Gasteiger partial charge in [0.05, 0.1) is 4.92 Å². The predicted octanol–water partition coefficient (Wildman–Crippen LogP) is 3.11. The topological polar surface area (TPSA) is 58.4 Å². The minimum Gasteiger partial charge on any atom is -0.382 e. The molecule has 0 aliphatic carbocycles. The van der Waals surface area contributed by atoms with Gasteiger partial charge in [-0.15, -0.1) is 0 Å². The van der Waals surface area contributed by atoms with E-state index in [4.69, 9.17) is 0 Å². The van der Waals surface area contributed by atoms with E-state index in [0.717, 1.165) is 12.2 Å². The zero-order chi connectivity index (χ0) is 13.9. The molecule has 18 heavy (non-hydrogen) atoms. The van der Waals surface area contributed by atoms with E-state index in [-0.39, 0.29) is 11.2 Å². The van der Waals surface area contributed by atoms with Gasteiger partial charge in [-0.1, -0.05) is 0 Å². The first-order valence-electron chi connectivity index (χ1n) is 5.59. The molecule has 0 spiro atoms. The van der Waals surface area contributed by atoms with Crippen molar-refractivity contribution in [1.29, 1.82) is 0 Å². The molecule has 6 heteroatoms. The number of hydrogen-bond donors (Lipinski definition) is 1. The fourth-order valence-electron chi connectivity index (χ4n) is 1.23. The van der Waals surface area contributed by atoms with Crippen LogP contribution in [0.5, 0.6) is 0 Å². The third-order valence-electron chi connectivity index (χ3n) is 3.09. The van der Waals surface area contributed by atoms with E-state index in [1.54, 1.807) is 6.07 Å². The maximum absolute atomic E-state index is 10.6. The number of non-ortho nitro benzene ring substituents is 1. The van der Waals surface area contributed by atoms with Gasteiger partial charge >= 0.3 is 0 Å². The first kappa shape index (κ1) is 14.9. The molecule has 0 saturated carbocycles. The Morgan fingerprint density at radius 3 is 2.50 bits per heavy atom. The maximum atomic E-state index is 10.6. The summed E-state index contributed by atoms with van der Waals surface area (Å²) in [7, 11) is 4.04. The second-order valence-electron chi connectivity index (χ2n) is 4.98. The third kappa shape index (κ3) is 3.68. The Labute approximate surface area is 115 Å². The number of nitro groups is 1. The van der Waals surface area contributed by atoms with Crippen LogP contribution in [0.4, 0.5) is 11.4 Å². The van der Waals surface area contributed by atoms with Crippen molar-refractivity contribution in [3.8, 4) is 0 Å². The van der Waals surface area contributed by atoms with Crippen LogP contribution in [0.2, 0.25) is 0 Å². The Morgan fingerprint density at radius 2 is 2.06 bits per heavy atom. The molecule has 1 rings (SSSR count). The van der Waals surface area contributed by atoms with Gasteiger partial charge in [-0.25, -0.2) is 0 Å². The minimum atomic E-state index is -0.404. The summed E-state index contributed by atoms with van der Waals surface area (Å²) in [5, 5.41) is 13.9. The van der Waals surface area contributed by atoms with Crippen molar-refractivity contribution in [3.05, 3.63) is 32.8 Å². The smallest absolute Gasteiger partial charge is 0.270 e. The van der Waals surface area contributed by atoms with E-state index in [2.05, 4.69) is 40.0 Å². The van der Waals surface area contributed by atoms with Gasteiger partial charge in [0.2, 0.25) is 0 Å². The number of rotatable bonds is 5. The average Bonchev–Trinajstić information content (AvgIpc) is 2.26. The highest BCUT2D eigenvalue weighted by molar-refractivity contribution is 9.10. The molecule has 0 fully saturated rings. The quantitative estimate of drug-likeness (QED) is 0.670. The van der Waals surface area contributed by atoms with Crippen LogP contribution in [0.25, 0.3) is 0 Å². The molecule has 1 aromatic rings. The van der Waals surface area contributed by atoms with Crippen molar-refractivity contribution in [1.82, 2.24) is 4.90 Å². The Hall–Kier alpha value is -1.14. The van der Waals surface area contributed by atoms with E-state index in [9.17, 15) is 10.1 Å². The lowest BCUT2D eigenvalue weighted by Gasteiger charge is -2.33. The van der Waals surface area contributed by atoms with Gasteiger partial charge in [0.25, 0.3) is 5.69 Å². The fraction of sp³-hybridized carbons (Fsp3) is 0.500. The molecular weight excluding hydrogens is 298 g/mol. The Morgan fingerprint density at radius 1 is 1.44 bits per heavy atom. The summed E-state index contributed by atoms with van der Waals surface area (Å²) >= 11 is 3.34. The first-order valence-corrected chi connectivity index (χ1v) is 6.38. The van der Waals surface area contributed by atoms with E-state index in [1.165, 1.54) is 12.1 Å². The van der Waals surface area contributed by atoms with Gasteiger partial charge in [-0.05, 0) is 49.9 Å². The second kappa shape index (κ2) is 5.67. The monoisotopic (exact) mass is 315 g/mol. The number of nitrogens with zero attached hydrogens (tertiary/aromatic N) is 2. The number of likely N-dealkylation sites (N-methyl/N-ethyl adjacent to an activating group) is 1. The molecule has 5 nitrogen and oxygen atoms in total. The van der Waals surface area contributed by atoms with E-state index in [0.29, 0.717) is 4.47 Å². The highest BCUT2D eigenvalue weighted by Gasteiger charge is 2.20. The number of hydrogen-bond acceptors (Lipinski definition) is 4. The molecule has 100 valence electrons. The van der Waals surface area contributed by atoms with Gasteiger partial charge in [-0.3, -0.25) is 10.1 Å². The molecule has 1 aromatic carbocycles. The Kier molecular flexibility index (Phi) is 4.70. The molecule has 0 aromatic heterocycles. The summed E-state index contributed by atoms with van der Waals surface area (Å²) in [5.41, 5.74) is 0.941. The van der Waals surface area contributed by atoms with Crippen molar-refractivity contribution < 1.29 is 4.92 Å². The molecule has 0 saturated heterocycles. The molecule has 1 N–H and O–H groups in total. The van der Waals surface area contributed by atoms with Crippen LogP contribution in [-0.4, -0.2) is 36.0 Å². The molecule has 0 aliphatic heterocycles. The van der Waals surface area contributed by atoms with E-state index in [1.807, 2.05) is 14.1 Å². The Bertz CT molecular complexity index is 447. The summed E-state index contributed by atoms with van der Waals surface area (Å²) in [4.78, 5) is 12.3. The molecule has 0 atom stereocenters. The van der Waals surface area contributed by atoms with Gasteiger partial charge in [0.15, 0.2) is 0 Å². The lowest BCUT2D eigenvalue weighted by Crippen LogP contribution is -2.44. The molecule has 0 heterocycles. The second-order valence-corrected chi connectivity index (χ2v) is 5.84. The normalized spacial score (nSPS) is 11.7. The number of anilines is 1. The standard InChI is InChI=1S/C12H18BrN3O2/c1-12(2,15(3)4)8-14-11-6-5-9(16(17)18)7-10(11)13/h5-7,14H,8H2,1-4H3. The highest BCUT2D eigenvalue weighted by atomic mass is 79.9. The van der Waals surface area contributed by atoms with Crippen LogP contribution in [0, 0.1) is 10.1 Å². The number of nitrogens with one attached hydrogen (secondary N) is 1. The van der Waals surface area contributed by atoms with Crippen LogP contribution in [0.1, 0.15) is 13.8 Å². The SMILES string of the molecule is CN(C)C(C)(C)CNc1ccc([N+](=O)[O-])cc1Br. The van der Waals surface area contributed by atoms with Gasteiger partial charge in [0.1, 0.15) is 0 Å². The zero-order valence-electron chi connectivity index (χ0n) is 11.0. The Balaban J connectivity index is 2.78. The van der Waals surface area contributed by atoms with Crippen molar-refractivity contribution >= 4 is 27.3 Å². The zero-order valence-corrected chi connectivity index (χ0v) is 12.6. The third-order valence-corrected chi connectivity index (χ3v) is 3.74. The number of halogens is 1. The fourth-order valence-corrected chi connectivity index (χ4v) is 1.74. The molecule has 0 aliphatic rings. The van der Waals surface area contributed by atoms with Crippen molar-refractivity contribution in [2.45, 2.75) is 19.4 Å². The molecule has 0 bridgehead atoms. The van der Waals surface area contributed by atoms with Gasteiger partial charge in [-0.2, -0.15) is 0 Å². The maximum Gasteiger partial charge on any atom is 0.270 e.